The predicted molar refractivity (Wildman–Crippen MR) is 83.9 cm³/mol. The number of nitrogens with two attached hydrogens (primary N) is 1. The van der Waals surface area contributed by atoms with Crippen molar-refractivity contribution in [3.63, 3.8) is 0 Å². The van der Waals surface area contributed by atoms with Crippen molar-refractivity contribution in [2.45, 2.75) is 17.9 Å². The third kappa shape index (κ3) is 3.26. The molecule has 0 fully saturated rings. The average Bonchev–Trinajstić information content (AvgIpc) is 2.47. The third-order valence-corrected chi connectivity index (χ3v) is 3.73. The molecular formula is C16H19NO2S. The van der Waals surface area contributed by atoms with E-state index in [1.807, 2.05) is 55.6 Å². The predicted octanol–water partition coefficient (Wildman–Crippen LogP) is 4.23. The highest BCUT2D eigenvalue weighted by molar-refractivity contribution is 7.98. The number of hydrogen-bond acceptors (Lipinski definition) is 4. The summed E-state index contributed by atoms with van der Waals surface area (Å²) in [4.78, 5) is 1.20. The van der Waals surface area contributed by atoms with Crippen molar-refractivity contribution in [1.82, 2.24) is 0 Å². The van der Waals surface area contributed by atoms with E-state index >= 15 is 0 Å². The van der Waals surface area contributed by atoms with Gasteiger partial charge in [0.2, 0.25) is 0 Å². The van der Waals surface area contributed by atoms with Crippen molar-refractivity contribution in [1.29, 1.82) is 0 Å². The van der Waals surface area contributed by atoms with Crippen molar-refractivity contribution < 1.29 is 9.47 Å². The summed E-state index contributed by atoms with van der Waals surface area (Å²) in [6.07, 6.45) is 2.05. The van der Waals surface area contributed by atoms with Gasteiger partial charge in [-0.05, 0) is 49.6 Å². The van der Waals surface area contributed by atoms with Crippen LogP contribution < -0.4 is 15.2 Å². The van der Waals surface area contributed by atoms with E-state index in [0.29, 0.717) is 0 Å². The molecule has 4 heteroatoms. The molecule has 2 rings (SSSR count). The zero-order valence-electron chi connectivity index (χ0n) is 11.9. The summed E-state index contributed by atoms with van der Waals surface area (Å²) in [5.41, 5.74) is 6.91. The summed E-state index contributed by atoms with van der Waals surface area (Å²) in [6.45, 7) is 1.92. The van der Waals surface area contributed by atoms with Crippen molar-refractivity contribution in [3.05, 3.63) is 48.0 Å². The van der Waals surface area contributed by atoms with E-state index in [4.69, 9.17) is 15.2 Å². The highest BCUT2D eigenvalue weighted by Crippen LogP contribution is 2.35. The van der Waals surface area contributed by atoms with E-state index in [1.165, 1.54) is 4.90 Å². The molecule has 2 aromatic carbocycles. The largest absolute Gasteiger partial charge is 0.496 e. The van der Waals surface area contributed by atoms with Crippen LogP contribution >= 0.6 is 11.8 Å². The molecule has 0 aliphatic rings. The molecule has 20 heavy (non-hydrogen) atoms. The van der Waals surface area contributed by atoms with Gasteiger partial charge in [0.1, 0.15) is 17.2 Å². The molecule has 2 aromatic rings. The van der Waals surface area contributed by atoms with Gasteiger partial charge in [-0.2, -0.15) is 0 Å². The highest BCUT2D eigenvalue weighted by Gasteiger charge is 2.14. The second kappa shape index (κ2) is 6.68. The molecule has 0 aliphatic heterocycles. The first kappa shape index (κ1) is 14.8. The van der Waals surface area contributed by atoms with Crippen LogP contribution in [-0.2, 0) is 0 Å². The molecular weight excluding hydrogens is 270 g/mol. The second-order valence-electron chi connectivity index (χ2n) is 4.44. The summed E-state index contributed by atoms with van der Waals surface area (Å²) in [5, 5.41) is 0. The number of thioether (sulfide) groups is 1. The fourth-order valence-corrected chi connectivity index (χ4v) is 2.42. The van der Waals surface area contributed by atoms with Crippen molar-refractivity contribution in [3.8, 4) is 17.2 Å². The highest BCUT2D eigenvalue weighted by atomic mass is 32.2. The molecule has 1 atom stereocenters. The minimum absolute atomic E-state index is 0.161. The van der Waals surface area contributed by atoms with Crippen molar-refractivity contribution in [2.75, 3.05) is 13.4 Å². The Hall–Kier alpha value is -1.65. The Morgan fingerprint density at radius 1 is 1.05 bits per heavy atom. The van der Waals surface area contributed by atoms with Gasteiger partial charge in [-0.25, -0.2) is 0 Å². The van der Waals surface area contributed by atoms with Gasteiger partial charge < -0.3 is 15.2 Å². The van der Waals surface area contributed by atoms with Crippen LogP contribution in [0.3, 0.4) is 0 Å². The number of rotatable bonds is 5. The van der Waals surface area contributed by atoms with Gasteiger partial charge >= 0.3 is 0 Å². The molecule has 0 radical (unpaired) electrons. The van der Waals surface area contributed by atoms with E-state index in [1.54, 1.807) is 18.9 Å². The summed E-state index contributed by atoms with van der Waals surface area (Å²) < 4.78 is 11.3. The smallest absolute Gasteiger partial charge is 0.135 e. The minimum Gasteiger partial charge on any atom is -0.496 e. The summed E-state index contributed by atoms with van der Waals surface area (Å²) in [5.74, 6) is 2.27. The first-order valence-electron chi connectivity index (χ1n) is 6.40. The van der Waals surface area contributed by atoms with Crippen molar-refractivity contribution in [2.24, 2.45) is 5.73 Å². The lowest BCUT2D eigenvalue weighted by Crippen LogP contribution is -2.08. The fraction of sp³-hybridized carbons (Fsp3) is 0.250. The summed E-state index contributed by atoms with van der Waals surface area (Å²) >= 11 is 1.70. The monoisotopic (exact) mass is 289 g/mol. The first-order chi connectivity index (χ1) is 9.65. The Bertz CT molecular complexity index is 567. The maximum Gasteiger partial charge on any atom is 0.135 e. The quantitative estimate of drug-likeness (QED) is 0.837. The molecule has 1 unspecified atom stereocenters. The molecule has 3 nitrogen and oxygen atoms in total. The maximum absolute atomic E-state index is 6.03. The van der Waals surface area contributed by atoms with Crippen LogP contribution in [0.25, 0.3) is 0 Å². The molecule has 0 amide bonds. The molecule has 0 spiro atoms. The second-order valence-corrected chi connectivity index (χ2v) is 5.32. The van der Waals surface area contributed by atoms with Crippen LogP contribution in [0.2, 0.25) is 0 Å². The van der Waals surface area contributed by atoms with Crippen LogP contribution in [0.5, 0.6) is 17.2 Å². The van der Waals surface area contributed by atoms with Gasteiger partial charge in [-0.15, -0.1) is 11.8 Å². The lowest BCUT2D eigenvalue weighted by atomic mass is 10.1. The molecule has 0 aliphatic carbocycles. The molecule has 2 N–H and O–H groups in total. The Morgan fingerprint density at radius 3 is 2.25 bits per heavy atom. The van der Waals surface area contributed by atoms with Crippen molar-refractivity contribution >= 4 is 11.8 Å². The Morgan fingerprint density at radius 2 is 1.70 bits per heavy atom. The standard InChI is InChI=1S/C16H19NO2S/c1-11(17)16-14(18-2)5-4-6-15(16)19-12-7-9-13(20-3)10-8-12/h4-11H,17H2,1-3H3. The Kier molecular flexibility index (Phi) is 4.93. The fourth-order valence-electron chi connectivity index (χ4n) is 2.01. The zero-order valence-corrected chi connectivity index (χ0v) is 12.7. The van der Waals surface area contributed by atoms with Gasteiger partial charge in [0.25, 0.3) is 0 Å². The lowest BCUT2D eigenvalue weighted by molar-refractivity contribution is 0.397. The number of ether oxygens (including phenoxy) is 2. The molecule has 0 bridgehead atoms. The van der Waals surface area contributed by atoms with Crippen LogP contribution in [0.1, 0.15) is 18.5 Å². The van der Waals surface area contributed by atoms with E-state index in [2.05, 4.69) is 0 Å². The van der Waals surface area contributed by atoms with E-state index in [0.717, 1.165) is 22.8 Å². The molecule has 106 valence electrons. The molecule has 0 aromatic heterocycles. The van der Waals surface area contributed by atoms with Gasteiger partial charge in [-0.3, -0.25) is 0 Å². The van der Waals surface area contributed by atoms with Crippen LogP contribution in [0.4, 0.5) is 0 Å². The number of hydrogen-bond donors (Lipinski definition) is 1. The van der Waals surface area contributed by atoms with Gasteiger partial charge in [0, 0.05) is 10.9 Å². The summed E-state index contributed by atoms with van der Waals surface area (Å²) in [6, 6.07) is 13.5. The summed E-state index contributed by atoms with van der Waals surface area (Å²) in [7, 11) is 1.64. The maximum atomic E-state index is 6.03. The Balaban J connectivity index is 2.32. The molecule has 0 saturated heterocycles. The van der Waals surface area contributed by atoms with Crippen LogP contribution in [-0.4, -0.2) is 13.4 Å². The Labute approximate surface area is 124 Å². The lowest BCUT2D eigenvalue weighted by Gasteiger charge is -2.17. The van der Waals surface area contributed by atoms with E-state index in [9.17, 15) is 0 Å². The zero-order chi connectivity index (χ0) is 14.5. The van der Waals surface area contributed by atoms with E-state index < -0.39 is 0 Å². The minimum atomic E-state index is -0.161. The third-order valence-electron chi connectivity index (χ3n) is 2.99. The average molecular weight is 289 g/mol. The molecule has 0 saturated carbocycles. The number of benzene rings is 2. The van der Waals surface area contributed by atoms with Gasteiger partial charge in [0.15, 0.2) is 0 Å². The van der Waals surface area contributed by atoms with Crippen LogP contribution in [0, 0.1) is 0 Å². The topological polar surface area (TPSA) is 44.5 Å². The van der Waals surface area contributed by atoms with Gasteiger partial charge in [-0.1, -0.05) is 6.07 Å². The first-order valence-corrected chi connectivity index (χ1v) is 7.62. The molecule has 0 heterocycles. The van der Waals surface area contributed by atoms with E-state index in [-0.39, 0.29) is 6.04 Å². The number of methoxy groups -OCH3 is 1. The van der Waals surface area contributed by atoms with Gasteiger partial charge in [0.05, 0.1) is 12.7 Å². The SMILES string of the molecule is COc1cccc(Oc2ccc(SC)cc2)c1C(C)N. The van der Waals surface area contributed by atoms with Crippen LogP contribution in [0.15, 0.2) is 47.4 Å². The normalized spacial score (nSPS) is 12.0.